The molecular formula is C20H18N4O3. The zero-order valence-electron chi connectivity index (χ0n) is 14.4. The highest BCUT2D eigenvalue weighted by Gasteiger charge is 2.45. The van der Waals surface area contributed by atoms with Gasteiger partial charge in [-0.3, -0.25) is 9.59 Å². The molecule has 0 fully saturated rings. The van der Waals surface area contributed by atoms with Crippen molar-refractivity contribution in [3.8, 4) is 5.88 Å². The van der Waals surface area contributed by atoms with Crippen molar-refractivity contribution in [1.82, 2.24) is 9.97 Å². The fraction of sp³-hybridized carbons (Fsp3) is 0.100. The molecule has 0 saturated carbocycles. The number of fused-ring (bicyclic) bond motifs is 2. The van der Waals surface area contributed by atoms with Crippen LogP contribution in [0.25, 0.3) is 21.8 Å². The van der Waals surface area contributed by atoms with Gasteiger partial charge < -0.3 is 26.2 Å². The number of aromatic nitrogens is 2. The Hall–Kier alpha value is -3.74. The third-order valence-electron chi connectivity index (χ3n) is 4.58. The van der Waals surface area contributed by atoms with Gasteiger partial charge in [0, 0.05) is 22.5 Å². The van der Waals surface area contributed by atoms with Crippen molar-refractivity contribution >= 4 is 33.6 Å². The second kappa shape index (κ2) is 6.21. The molecule has 2 heterocycles. The summed E-state index contributed by atoms with van der Waals surface area (Å²) in [6, 6.07) is 18.5. The molecule has 4 aromatic rings. The van der Waals surface area contributed by atoms with E-state index in [1.54, 1.807) is 12.1 Å². The van der Waals surface area contributed by atoms with E-state index in [1.165, 1.54) is 0 Å². The third kappa shape index (κ3) is 2.89. The quantitative estimate of drug-likeness (QED) is 0.420. The highest BCUT2D eigenvalue weighted by molar-refractivity contribution is 5.93. The molecule has 6 N–H and O–H groups in total. The Labute approximate surface area is 154 Å². The van der Waals surface area contributed by atoms with Crippen LogP contribution in [0.15, 0.2) is 60.7 Å². The molecular weight excluding hydrogens is 344 g/mol. The number of nitrogens with two attached hydrogens (primary N) is 2. The number of aromatic amines is 2. The van der Waals surface area contributed by atoms with Crippen molar-refractivity contribution in [3.63, 3.8) is 0 Å². The van der Waals surface area contributed by atoms with E-state index >= 15 is 0 Å². The average Bonchev–Trinajstić information content (AvgIpc) is 3.23. The van der Waals surface area contributed by atoms with Crippen LogP contribution in [-0.2, 0) is 15.2 Å². The molecule has 7 heteroatoms. The van der Waals surface area contributed by atoms with Gasteiger partial charge in [0.2, 0.25) is 11.5 Å². The first kappa shape index (κ1) is 16.7. The second-order valence-corrected chi connectivity index (χ2v) is 6.43. The molecule has 0 saturated heterocycles. The van der Waals surface area contributed by atoms with E-state index in [2.05, 4.69) is 9.97 Å². The van der Waals surface area contributed by atoms with Crippen LogP contribution in [0.4, 0.5) is 0 Å². The summed E-state index contributed by atoms with van der Waals surface area (Å²) in [5, 5.41) is 1.77. The van der Waals surface area contributed by atoms with Crippen LogP contribution < -0.4 is 16.2 Å². The molecule has 2 amide bonds. The van der Waals surface area contributed by atoms with Crippen molar-refractivity contribution in [3.05, 3.63) is 66.4 Å². The van der Waals surface area contributed by atoms with Gasteiger partial charge in [0.1, 0.15) is 0 Å². The molecule has 0 aliphatic heterocycles. The van der Waals surface area contributed by atoms with Gasteiger partial charge in [0.15, 0.2) is 5.88 Å². The maximum Gasteiger partial charge on any atom is 0.268 e. The van der Waals surface area contributed by atoms with E-state index in [-0.39, 0.29) is 0 Å². The molecule has 27 heavy (non-hydrogen) atoms. The molecule has 4 rings (SSSR count). The van der Waals surface area contributed by atoms with E-state index in [0.29, 0.717) is 11.6 Å². The molecule has 0 bridgehead atoms. The molecule has 1 unspecified atom stereocenters. The molecule has 136 valence electrons. The van der Waals surface area contributed by atoms with Crippen LogP contribution in [0.3, 0.4) is 0 Å². The van der Waals surface area contributed by atoms with Gasteiger partial charge in [-0.1, -0.05) is 36.4 Å². The van der Waals surface area contributed by atoms with Gasteiger partial charge in [-0.25, -0.2) is 0 Å². The molecule has 2 aromatic heterocycles. The van der Waals surface area contributed by atoms with E-state index in [1.807, 2.05) is 48.5 Å². The summed E-state index contributed by atoms with van der Waals surface area (Å²) in [5.74, 6) is -1.20. The van der Waals surface area contributed by atoms with Gasteiger partial charge in [-0.05, 0) is 23.6 Å². The number of para-hydroxylation sites is 2. The summed E-state index contributed by atoms with van der Waals surface area (Å²) in [6.07, 6.45) is -0.398. The number of H-pyrrole nitrogens is 2. The van der Waals surface area contributed by atoms with Crippen LogP contribution in [0.2, 0.25) is 0 Å². The highest BCUT2D eigenvalue weighted by atomic mass is 16.5. The fourth-order valence-corrected chi connectivity index (χ4v) is 3.28. The summed E-state index contributed by atoms with van der Waals surface area (Å²) in [7, 11) is 0. The Bertz CT molecular complexity index is 1090. The summed E-state index contributed by atoms with van der Waals surface area (Å²) < 4.78 is 6.01. The molecule has 1 atom stereocenters. The Balaban J connectivity index is 1.86. The number of rotatable bonds is 6. The lowest BCUT2D eigenvalue weighted by atomic mass is 9.93. The van der Waals surface area contributed by atoms with E-state index in [9.17, 15) is 9.59 Å². The first-order valence-electron chi connectivity index (χ1n) is 8.41. The summed E-state index contributed by atoms with van der Waals surface area (Å²) in [4.78, 5) is 30.5. The Kier molecular flexibility index (Phi) is 3.84. The number of primary amides is 2. The molecule has 0 radical (unpaired) electrons. The third-order valence-corrected chi connectivity index (χ3v) is 4.58. The Morgan fingerprint density at radius 1 is 0.889 bits per heavy atom. The Morgan fingerprint density at radius 3 is 2.04 bits per heavy atom. The van der Waals surface area contributed by atoms with Crippen LogP contribution in [0.1, 0.15) is 12.1 Å². The number of benzene rings is 2. The maximum atomic E-state index is 12.5. The minimum absolute atomic E-state index is 0.315. The predicted molar refractivity (Wildman–Crippen MR) is 102 cm³/mol. The number of carbonyl (C=O) groups excluding carboxylic acids is 2. The van der Waals surface area contributed by atoms with Crippen LogP contribution >= 0.6 is 0 Å². The molecule has 7 nitrogen and oxygen atoms in total. The van der Waals surface area contributed by atoms with E-state index in [4.69, 9.17) is 16.2 Å². The first-order chi connectivity index (χ1) is 13.0. The monoisotopic (exact) mass is 362 g/mol. The zero-order chi connectivity index (χ0) is 19.0. The topological polar surface area (TPSA) is 127 Å². The van der Waals surface area contributed by atoms with E-state index in [0.717, 1.165) is 21.8 Å². The minimum Gasteiger partial charge on any atom is -0.455 e. The number of hydrogen-bond donors (Lipinski definition) is 4. The largest absolute Gasteiger partial charge is 0.455 e. The van der Waals surface area contributed by atoms with Crippen LogP contribution in [0, 0.1) is 0 Å². The lowest BCUT2D eigenvalue weighted by molar-refractivity contribution is -0.140. The number of nitrogens with one attached hydrogen (secondary N) is 2. The van der Waals surface area contributed by atoms with Gasteiger partial charge in [0.25, 0.3) is 5.91 Å². The van der Waals surface area contributed by atoms with Crippen molar-refractivity contribution in [2.24, 2.45) is 11.5 Å². The lowest BCUT2D eigenvalue weighted by Crippen LogP contribution is -2.49. The number of ether oxygens (including phenoxy) is 1. The van der Waals surface area contributed by atoms with E-state index < -0.39 is 23.8 Å². The SMILES string of the molecule is NC(=O)CC(Oc1cc2ccccc2[nH]1)(C(N)=O)c1cc2ccccc2[nH]1. The van der Waals surface area contributed by atoms with Gasteiger partial charge in [-0.2, -0.15) is 0 Å². The first-order valence-corrected chi connectivity index (χ1v) is 8.41. The lowest BCUT2D eigenvalue weighted by Gasteiger charge is -2.28. The average molecular weight is 362 g/mol. The standard InChI is InChI=1S/C20H18N4O3/c21-17(25)11-20(19(22)26,16-9-12-5-1-3-7-14(12)23-16)27-18-10-13-6-2-4-8-15(13)24-18/h1-10,23-24H,11H2,(H2,21,25)(H2,22,26). The van der Waals surface area contributed by atoms with Crippen molar-refractivity contribution in [2.45, 2.75) is 12.0 Å². The summed E-state index contributed by atoms with van der Waals surface area (Å²) in [5.41, 5.74) is 11.4. The fourth-order valence-electron chi connectivity index (χ4n) is 3.28. The summed E-state index contributed by atoms with van der Waals surface area (Å²) >= 11 is 0. The predicted octanol–water partition coefficient (Wildman–Crippen LogP) is 2.28. The van der Waals surface area contributed by atoms with Crippen molar-refractivity contribution in [2.75, 3.05) is 0 Å². The molecule has 0 aliphatic carbocycles. The molecule has 2 aromatic carbocycles. The Morgan fingerprint density at radius 2 is 1.48 bits per heavy atom. The smallest absolute Gasteiger partial charge is 0.268 e. The molecule has 0 aliphatic rings. The zero-order valence-corrected chi connectivity index (χ0v) is 14.4. The highest BCUT2D eigenvalue weighted by Crippen LogP contribution is 2.34. The maximum absolute atomic E-state index is 12.5. The second-order valence-electron chi connectivity index (χ2n) is 6.43. The normalized spacial score (nSPS) is 13.5. The van der Waals surface area contributed by atoms with Gasteiger partial charge in [0.05, 0.1) is 12.1 Å². The minimum atomic E-state index is -1.76. The molecule has 0 spiro atoms. The summed E-state index contributed by atoms with van der Waals surface area (Å²) in [6.45, 7) is 0. The van der Waals surface area contributed by atoms with Crippen molar-refractivity contribution < 1.29 is 14.3 Å². The number of hydrogen-bond acceptors (Lipinski definition) is 3. The van der Waals surface area contributed by atoms with Gasteiger partial charge >= 0.3 is 0 Å². The van der Waals surface area contributed by atoms with Crippen molar-refractivity contribution in [1.29, 1.82) is 0 Å². The van der Waals surface area contributed by atoms with Gasteiger partial charge in [-0.15, -0.1) is 0 Å². The van der Waals surface area contributed by atoms with Crippen LogP contribution in [0.5, 0.6) is 5.88 Å². The van der Waals surface area contributed by atoms with Crippen LogP contribution in [-0.4, -0.2) is 21.8 Å². The number of carbonyl (C=O) groups is 2. The number of amides is 2.